The predicted octanol–water partition coefficient (Wildman–Crippen LogP) is -0.893. The molecule has 10 nitrogen and oxygen atoms in total. The molecule has 2 unspecified atom stereocenters. The van der Waals surface area contributed by atoms with Gasteiger partial charge in [-0.3, -0.25) is 19.3 Å². The lowest BCUT2D eigenvalue weighted by Gasteiger charge is -2.37. The van der Waals surface area contributed by atoms with Crippen molar-refractivity contribution < 1.29 is 29.0 Å². The summed E-state index contributed by atoms with van der Waals surface area (Å²) in [6.45, 7) is 7.79. The molecule has 4 aliphatic rings. The van der Waals surface area contributed by atoms with Gasteiger partial charge in [0.2, 0.25) is 17.7 Å². The number of nitrogens with zero attached hydrogens (tertiary/aromatic N) is 2. The molecule has 0 radical (unpaired) electrons. The summed E-state index contributed by atoms with van der Waals surface area (Å²) in [5.41, 5.74) is -1.78. The molecule has 186 valence electrons. The van der Waals surface area contributed by atoms with Crippen LogP contribution < -0.4 is 10.6 Å². The van der Waals surface area contributed by atoms with Gasteiger partial charge in [-0.2, -0.15) is 0 Å². The molecule has 33 heavy (non-hydrogen) atoms. The number of nitrogens with one attached hydrogen (secondary N) is 2. The summed E-state index contributed by atoms with van der Waals surface area (Å²) in [7, 11) is 1.57. The quantitative estimate of drug-likeness (QED) is 0.403. The smallest absolute Gasteiger partial charge is 0.245 e. The van der Waals surface area contributed by atoms with E-state index in [-0.39, 0.29) is 24.3 Å². The van der Waals surface area contributed by atoms with Gasteiger partial charge in [-0.25, -0.2) is 0 Å². The number of carbonyl (C=O) groups excluding carboxylic acids is 3. The number of rotatable bonds is 9. The van der Waals surface area contributed by atoms with E-state index in [0.29, 0.717) is 52.0 Å². The fourth-order valence-corrected chi connectivity index (χ4v) is 6.57. The van der Waals surface area contributed by atoms with Crippen LogP contribution in [-0.4, -0.2) is 109 Å². The Labute approximate surface area is 195 Å². The van der Waals surface area contributed by atoms with E-state index in [1.807, 2.05) is 13.8 Å². The number of hydrogen-bond acceptors (Lipinski definition) is 7. The first-order chi connectivity index (χ1) is 15.9. The Balaban J connectivity index is 1.62. The molecule has 4 saturated heterocycles. The van der Waals surface area contributed by atoms with Crippen LogP contribution in [0.25, 0.3) is 0 Å². The number of likely N-dealkylation sites (tertiary alicyclic amines) is 1. The second kappa shape index (κ2) is 9.48. The van der Waals surface area contributed by atoms with Crippen LogP contribution in [0.2, 0.25) is 0 Å². The summed E-state index contributed by atoms with van der Waals surface area (Å²) in [6, 6.07) is -1.36. The number of aliphatic hydroxyl groups is 1. The van der Waals surface area contributed by atoms with Crippen LogP contribution in [0, 0.1) is 11.8 Å². The first-order valence-corrected chi connectivity index (χ1v) is 12.3. The summed E-state index contributed by atoms with van der Waals surface area (Å²) < 4.78 is 12.0. The van der Waals surface area contributed by atoms with Crippen LogP contribution in [0.3, 0.4) is 0 Å². The Hall–Kier alpha value is -1.75. The highest BCUT2D eigenvalue weighted by Crippen LogP contribution is 2.64. The highest BCUT2D eigenvalue weighted by Gasteiger charge is 2.78. The number of amides is 3. The predicted molar refractivity (Wildman–Crippen MR) is 119 cm³/mol. The Morgan fingerprint density at radius 1 is 1.21 bits per heavy atom. The molecule has 4 aliphatic heterocycles. The summed E-state index contributed by atoms with van der Waals surface area (Å²) in [6.07, 6.45) is 2.28. The second-order valence-corrected chi connectivity index (χ2v) is 9.68. The third-order valence-electron chi connectivity index (χ3n) is 8.30. The molecule has 0 saturated carbocycles. The first kappa shape index (κ1) is 24.4. The van der Waals surface area contributed by atoms with Crippen LogP contribution in [-0.2, 0) is 23.9 Å². The van der Waals surface area contributed by atoms with Gasteiger partial charge in [0.25, 0.3) is 0 Å². The van der Waals surface area contributed by atoms with Gasteiger partial charge in [-0.05, 0) is 25.7 Å². The van der Waals surface area contributed by atoms with Crippen LogP contribution in [0.15, 0.2) is 0 Å². The van der Waals surface area contributed by atoms with Crippen LogP contribution in [0.4, 0.5) is 0 Å². The minimum absolute atomic E-state index is 0.220. The van der Waals surface area contributed by atoms with Gasteiger partial charge < -0.3 is 30.1 Å². The van der Waals surface area contributed by atoms with Crippen molar-refractivity contribution >= 4 is 17.7 Å². The third-order valence-corrected chi connectivity index (χ3v) is 8.30. The van der Waals surface area contributed by atoms with E-state index in [9.17, 15) is 19.5 Å². The molecule has 6 atom stereocenters. The van der Waals surface area contributed by atoms with E-state index >= 15 is 0 Å². The average molecular weight is 467 g/mol. The summed E-state index contributed by atoms with van der Waals surface area (Å²) in [4.78, 5) is 44.2. The SMILES string of the molecule is CC[C@@H](CO)N1C(=O)[C@@H]2[C@H](C(=O)NC)[C@]3(CC)CCC2(O3)C1C(=O)NCCN1CCOCC1. The minimum Gasteiger partial charge on any atom is -0.394 e. The maximum atomic E-state index is 13.8. The zero-order valence-electron chi connectivity index (χ0n) is 20.0. The fourth-order valence-electron chi connectivity index (χ4n) is 6.57. The highest BCUT2D eigenvalue weighted by molar-refractivity contribution is 5.99. The number of carbonyl (C=O) groups is 3. The molecule has 0 aromatic heterocycles. The highest BCUT2D eigenvalue weighted by atomic mass is 16.5. The number of hydrogen-bond donors (Lipinski definition) is 3. The van der Waals surface area contributed by atoms with Crippen molar-refractivity contribution in [1.29, 1.82) is 0 Å². The average Bonchev–Trinajstić information content (AvgIpc) is 3.44. The van der Waals surface area contributed by atoms with Gasteiger partial charge in [0.15, 0.2) is 0 Å². The van der Waals surface area contributed by atoms with Crippen LogP contribution in [0.1, 0.15) is 39.5 Å². The second-order valence-electron chi connectivity index (χ2n) is 9.68. The van der Waals surface area contributed by atoms with Gasteiger partial charge in [-0.1, -0.05) is 13.8 Å². The lowest BCUT2D eigenvalue weighted by Crippen LogP contribution is -2.58. The zero-order valence-corrected chi connectivity index (χ0v) is 20.0. The summed E-state index contributed by atoms with van der Waals surface area (Å²) in [5, 5.41) is 15.8. The van der Waals surface area contributed by atoms with Crippen molar-refractivity contribution in [2.75, 3.05) is 53.0 Å². The Kier molecular flexibility index (Phi) is 7.00. The van der Waals surface area contributed by atoms with Crippen LogP contribution in [0.5, 0.6) is 0 Å². The molecule has 0 aromatic carbocycles. The standard InChI is InChI=1S/C23H38N4O6/c1-4-15(14-28)27-18(20(30)25-8-9-26-10-12-32-13-11-26)23-7-6-22(5-2,33-23)16(19(29)24-3)17(23)21(27)31/h15-18,28H,4-14H2,1-3H3,(H,24,29)(H,25,30)/t15-,16+,17-,18?,22-,23?/m0/s1. The Bertz CT molecular complexity index is 770. The molecule has 4 heterocycles. The zero-order chi connectivity index (χ0) is 23.8. The van der Waals surface area contributed by atoms with Crippen molar-refractivity contribution in [2.24, 2.45) is 11.8 Å². The van der Waals surface area contributed by atoms with Crippen molar-refractivity contribution in [1.82, 2.24) is 20.4 Å². The molecule has 4 rings (SSSR count). The fraction of sp³-hybridized carbons (Fsp3) is 0.870. The molecule has 4 fully saturated rings. The molecular formula is C23H38N4O6. The van der Waals surface area contributed by atoms with E-state index in [1.165, 1.54) is 4.90 Å². The molecule has 0 aromatic rings. The number of aliphatic hydroxyl groups excluding tert-OH is 1. The maximum Gasteiger partial charge on any atom is 0.245 e. The molecule has 0 aliphatic carbocycles. The number of ether oxygens (including phenoxy) is 2. The molecule has 2 bridgehead atoms. The number of fused-ring (bicyclic) bond motifs is 1. The molecule has 10 heteroatoms. The molecule has 3 amide bonds. The van der Waals surface area contributed by atoms with Gasteiger partial charge >= 0.3 is 0 Å². The Morgan fingerprint density at radius 2 is 1.94 bits per heavy atom. The lowest BCUT2D eigenvalue weighted by atomic mass is 9.65. The topological polar surface area (TPSA) is 120 Å². The number of morpholine rings is 1. The van der Waals surface area contributed by atoms with E-state index in [4.69, 9.17) is 9.47 Å². The van der Waals surface area contributed by atoms with Gasteiger partial charge in [0, 0.05) is 33.2 Å². The van der Waals surface area contributed by atoms with Crippen molar-refractivity contribution in [3.63, 3.8) is 0 Å². The van der Waals surface area contributed by atoms with Gasteiger partial charge in [-0.15, -0.1) is 0 Å². The van der Waals surface area contributed by atoms with E-state index in [0.717, 1.165) is 13.1 Å². The maximum absolute atomic E-state index is 13.8. The first-order valence-electron chi connectivity index (χ1n) is 12.3. The normalized spacial score (nSPS) is 36.7. The van der Waals surface area contributed by atoms with E-state index in [1.54, 1.807) is 7.05 Å². The van der Waals surface area contributed by atoms with Crippen molar-refractivity contribution in [3.05, 3.63) is 0 Å². The molecular weight excluding hydrogens is 428 g/mol. The Morgan fingerprint density at radius 3 is 2.55 bits per heavy atom. The third kappa shape index (κ3) is 3.75. The van der Waals surface area contributed by atoms with E-state index in [2.05, 4.69) is 15.5 Å². The van der Waals surface area contributed by atoms with Crippen LogP contribution >= 0.6 is 0 Å². The summed E-state index contributed by atoms with van der Waals surface area (Å²) >= 11 is 0. The molecule has 3 N–H and O–H groups in total. The minimum atomic E-state index is -1.05. The largest absolute Gasteiger partial charge is 0.394 e. The van der Waals surface area contributed by atoms with Gasteiger partial charge in [0.05, 0.1) is 43.3 Å². The van der Waals surface area contributed by atoms with E-state index < -0.39 is 35.1 Å². The monoisotopic (exact) mass is 466 g/mol. The van der Waals surface area contributed by atoms with Crippen molar-refractivity contribution in [2.45, 2.75) is 62.8 Å². The lowest BCUT2D eigenvalue weighted by molar-refractivity contribution is -0.151. The van der Waals surface area contributed by atoms with Gasteiger partial charge in [0.1, 0.15) is 11.6 Å². The molecule has 1 spiro atoms. The van der Waals surface area contributed by atoms with Crippen molar-refractivity contribution in [3.8, 4) is 0 Å². The summed E-state index contributed by atoms with van der Waals surface area (Å²) in [5.74, 6) is -2.11.